The molecule has 1 heterocycles. The average molecular weight is 233 g/mol. The third-order valence-corrected chi connectivity index (χ3v) is 3.29. The maximum atomic E-state index is 11.9. The first-order valence-electron chi connectivity index (χ1n) is 6.28. The molecule has 1 fully saturated rings. The van der Waals surface area contributed by atoms with Gasteiger partial charge in [-0.2, -0.15) is 0 Å². The number of hydrogen-bond donors (Lipinski definition) is 0. The molecule has 3 nitrogen and oxygen atoms in total. The fraction of sp³-hybridized carbons (Fsp3) is 0.500. The van der Waals surface area contributed by atoms with E-state index in [1.807, 2.05) is 35.2 Å². The van der Waals surface area contributed by atoms with Crippen molar-refractivity contribution in [3.63, 3.8) is 0 Å². The van der Waals surface area contributed by atoms with Crippen molar-refractivity contribution >= 4 is 6.09 Å². The van der Waals surface area contributed by atoms with Crippen molar-refractivity contribution in [2.24, 2.45) is 0 Å². The smallest absolute Gasteiger partial charge is 0.410 e. The number of carbonyl (C=O) groups is 1. The maximum Gasteiger partial charge on any atom is 0.410 e. The molecule has 0 spiro atoms. The number of ether oxygens (including phenoxy) is 1. The minimum Gasteiger partial charge on any atom is -0.445 e. The van der Waals surface area contributed by atoms with Crippen LogP contribution in [0.15, 0.2) is 30.3 Å². The summed E-state index contributed by atoms with van der Waals surface area (Å²) in [6, 6.07) is 10.2. The monoisotopic (exact) mass is 233 g/mol. The zero-order valence-corrected chi connectivity index (χ0v) is 10.3. The highest BCUT2D eigenvalue weighted by Gasteiger charge is 2.28. The van der Waals surface area contributed by atoms with Crippen LogP contribution in [0.4, 0.5) is 4.79 Å². The Hall–Kier alpha value is -1.51. The largest absolute Gasteiger partial charge is 0.445 e. The molecule has 0 bridgehead atoms. The average Bonchev–Trinajstić information content (AvgIpc) is 2.85. The van der Waals surface area contributed by atoms with Crippen LogP contribution >= 0.6 is 0 Å². The van der Waals surface area contributed by atoms with Crippen LogP contribution in [0.5, 0.6) is 0 Å². The number of amides is 1. The van der Waals surface area contributed by atoms with Gasteiger partial charge >= 0.3 is 6.09 Å². The number of likely N-dealkylation sites (tertiary alicyclic amines) is 1. The number of rotatable bonds is 3. The first-order chi connectivity index (χ1) is 8.31. The lowest BCUT2D eigenvalue weighted by molar-refractivity contribution is 0.0915. The molecule has 2 rings (SSSR count). The molecule has 92 valence electrons. The molecule has 0 radical (unpaired) electrons. The van der Waals surface area contributed by atoms with Gasteiger partial charge in [0.2, 0.25) is 0 Å². The van der Waals surface area contributed by atoms with Crippen molar-refractivity contribution in [3.8, 4) is 0 Å². The van der Waals surface area contributed by atoms with E-state index in [9.17, 15) is 4.79 Å². The molecule has 1 aromatic rings. The lowest BCUT2D eigenvalue weighted by atomic mass is 10.2. The lowest BCUT2D eigenvalue weighted by Gasteiger charge is -2.22. The van der Waals surface area contributed by atoms with Gasteiger partial charge in [0.05, 0.1) is 0 Å². The van der Waals surface area contributed by atoms with E-state index in [2.05, 4.69) is 6.92 Å². The minimum absolute atomic E-state index is 0.168. The van der Waals surface area contributed by atoms with E-state index >= 15 is 0 Å². The highest BCUT2D eigenvalue weighted by Crippen LogP contribution is 2.20. The summed E-state index contributed by atoms with van der Waals surface area (Å²) in [5, 5.41) is 0. The topological polar surface area (TPSA) is 29.5 Å². The predicted molar refractivity (Wildman–Crippen MR) is 66.6 cm³/mol. The van der Waals surface area contributed by atoms with Crippen molar-refractivity contribution in [2.75, 3.05) is 6.54 Å². The highest BCUT2D eigenvalue weighted by molar-refractivity contribution is 5.68. The summed E-state index contributed by atoms with van der Waals surface area (Å²) in [5.74, 6) is 0. The van der Waals surface area contributed by atoms with Crippen LogP contribution in [0.1, 0.15) is 31.7 Å². The molecule has 0 aromatic heterocycles. The van der Waals surface area contributed by atoms with Crippen molar-refractivity contribution < 1.29 is 9.53 Å². The van der Waals surface area contributed by atoms with E-state index < -0.39 is 0 Å². The summed E-state index contributed by atoms with van der Waals surface area (Å²) < 4.78 is 5.33. The van der Waals surface area contributed by atoms with Crippen LogP contribution < -0.4 is 0 Å². The molecule has 1 amide bonds. The Balaban J connectivity index is 1.85. The Morgan fingerprint density at radius 1 is 1.41 bits per heavy atom. The van der Waals surface area contributed by atoms with Crippen LogP contribution in [-0.2, 0) is 11.3 Å². The third-order valence-electron chi connectivity index (χ3n) is 3.29. The minimum atomic E-state index is -0.168. The molecule has 1 atom stereocenters. The van der Waals surface area contributed by atoms with Crippen LogP contribution in [0.25, 0.3) is 0 Å². The molecule has 0 saturated carbocycles. The fourth-order valence-corrected chi connectivity index (χ4v) is 2.30. The second kappa shape index (κ2) is 5.71. The van der Waals surface area contributed by atoms with Gasteiger partial charge in [-0.15, -0.1) is 0 Å². The van der Waals surface area contributed by atoms with Crippen LogP contribution in [-0.4, -0.2) is 23.6 Å². The Labute approximate surface area is 102 Å². The zero-order valence-electron chi connectivity index (χ0n) is 10.3. The summed E-state index contributed by atoms with van der Waals surface area (Å²) in [6.45, 7) is 3.33. The lowest BCUT2D eigenvalue weighted by Crippen LogP contribution is -2.35. The highest BCUT2D eigenvalue weighted by atomic mass is 16.6. The molecule has 1 saturated heterocycles. The van der Waals surface area contributed by atoms with Crippen molar-refractivity contribution in [1.29, 1.82) is 0 Å². The van der Waals surface area contributed by atoms with Crippen LogP contribution in [0.3, 0.4) is 0 Å². The van der Waals surface area contributed by atoms with E-state index in [1.54, 1.807) is 0 Å². The summed E-state index contributed by atoms with van der Waals surface area (Å²) in [7, 11) is 0. The second-order valence-electron chi connectivity index (χ2n) is 4.44. The quantitative estimate of drug-likeness (QED) is 0.802. The van der Waals surface area contributed by atoms with Crippen LogP contribution in [0, 0.1) is 0 Å². The van der Waals surface area contributed by atoms with Gasteiger partial charge in [-0.25, -0.2) is 4.79 Å². The Kier molecular flexibility index (Phi) is 4.02. The van der Waals surface area contributed by atoms with Crippen molar-refractivity contribution in [1.82, 2.24) is 4.90 Å². The second-order valence-corrected chi connectivity index (χ2v) is 4.44. The Morgan fingerprint density at radius 2 is 2.18 bits per heavy atom. The summed E-state index contributed by atoms with van der Waals surface area (Å²) in [4.78, 5) is 13.8. The molecule has 1 aromatic carbocycles. The van der Waals surface area contributed by atoms with Gasteiger partial charge < -0.3 is 9.64 Å². The normalized spacial score (nSPS) is 19.4. The summed E-state index contributed by atoms with van der Waals surface area (Å²) in [6.07, 6.45) is 3.05. The van der Waals surface area contributed by atoms with Gasteiger partial charge in [-0.1, -0.05) is 37.3 Å². The molecule has 0 N–H and O–H groups in total. The molecule has 17 heavy (non-hydrogen) atoms. The first kappa shape index (κ1) is 12.0. The summed E-state index contributed by atoms with van der Waals surface area (Å²) in [5.41, 5.74) is 1.04. The van der Waals surface area contributed by atoms with Gasteiger partial charge in [-0.3, -0.25) is 0 Å². The molecular formula is C14H19NO2. The standard InChI is InChI=1S/C14H19NO2/c1-2-13-9-6-10-15(13)14(16)17-11-12-7-4-3-5-8-12/h3-5,7-8,13H,2,6,9-11H2,1H3/t13-/m0/s1. The molecular weight excluding hydrogens is 214 g/mol. The zero-order chi connectivity index (χ0) is 12.1. The molecule has 0 unspecified atom stereocenters. The molecule has 3 heteroatoms. The number of hydrogen-bond acceptors (Lipinski definition) is 2. The van der Waals surface area contributed by atoms with Gasteiger partial charge in [-0.05, 0) is 24.8 Å². The van der Waals surface area contributed by atoms with E-state index in [0.29, 0.717) is 12.6 Å². The molecule has 1 aliphatic heterocycles. The Morgan fingerprint density at radius 3 is 2.88 bits per heavy atom. The van der Waals surface area contributed by atoms with Crippen LogP contribution in [0.2, 0.25) is 0 Å². The predicted octanol–water partition coefficient (Wildman–Crippen LogP) is 3.20. The van der Waals surface area contributed by atoms with Gasteiger partial charge in [0.25, 0.3) is 0 Å². The number of carbonyl (C=O) groups excluding carboxylic acids is 1. The maximum absolute atomic E-state index is 11.9. The molecule has 1 aliphatic rings. The van der Waals surface area contributed by atoms with E-state index in [1.165, 1.54) is 0 Å². The third kappa shape index (κ3) is 2.99. The fourth-order valence-electron chi connectivity index (χ4n) is 2.30. The van der Waals surface area contributed by atoms with E-state index in [4.69, 9.17) is 4.74 Å². The molecule has 0 aliphatic carbocycles. The van der Waals surface area contributed by atoms with Crippen molar-refractivity contribution in [2.45, 2.75) is 38.8 Å². The number of benzene rings is 1. The van der Waals surface area contributed by atoms with E-state index in [-0.39, 0.29) is 6.09 Å². The SMILES string of the molecule is CC[C@H]1CCCN1C(=O)OCc1ccccc1. The summed E-state index contributed by atoms with van der Waals surface area (Å²) >= 11 is 0. The van der Waals surface area contributed by atoms with Gasteiger partial charge in [0, 0.05) is 12.6 Å². The van der Waals surface area contributed by atoms with Crippen molar-refractivity contribution in [3.05, 3.63) is 35.9 Å². The first-order valence-corrected chi connectivity index (χ1v) is 6.28. The number of nitrogens with zero attached hydrogens (tertiary/aromatic N) is 1. The Bertz CT molecular complexity index is 364. The van der Waals surface area contributed by atoms with Gasteiger partial charge in [0.15, 0.2) is 0 Å². The van der Waals surface area contributed by atoms with Gasteiger partial charge in [0.1, 0.15) is 6.61 Å². The van der Waals surface area contributed by atoms with E-state index in [0.717, 1.165) is 31.4 Å².